The van der Waals surface area contributed by atoms with Crippen molar-refractivity contribution in [2.24, 2.45) is 0 Å². The van der Waals surface area contributed by atoms with Gasteiger partial charge in [-0.2, -0.15) is 17.7 Å². The molecule has 154 valence electrons. The zero-order valence-corrected chi connectivity index (χ0v) is 15.1. The van der Waals surface area contributed by atoms with E-state index in [1.54, 1.807) is 53.1 Å². The van der Waals surface area contributed by atoms with Gasteiger partial charge < -0.3 is 14.8 Å². The summed E-state index contributed by atoms with van der Waals surface area (Å²) in [6.07, 6.45) is 0. The topological polar surface area (TPSA) is 136 Å². The molecule has 3 rings (SSSR count). The maximum atomic E-state index is 11.6. The van der Waals surface area contributed by atoms with Gasteiger partial charge in [-0.1, -0.05) is 24.3 Å². The molecule has 0 aliphatic rings. The number of carbonyl (C=O) groups is 2. The second kappa shape index (κ2) is 8.01. The number of aromatic carboxylic acids is 1. The Balaban J connectivity index is 0.000000321. The number of hydrogen-bond donors (Lipinski definition) is 2. The highest BCUT2D eigenvalue weighted by molar-refractivity contribution is 7.86. The first-order chi connectivity index (χ1) is 13.3. The normalized spacial score (nSPS) is 11.7. The number of hydrogen-bond acceptors (Lipinski definition) is 5. The molecule has 0 radical (unpaired) electrons. The number of halogens is 3. The van der Waals surface area contributed by atoms with E-state index in [0.717, 1.165) is 0 Å². The number of pyridine rings is 1. The summed E-state index contributed by atoms with van der Waals surface area (Å²) in [7, 11) is -6.09. The van der Waals surface area contributed by atoms with E-state index in [1.165, 1.54) is 0 Å². The number of rotatable bonds is 3. The van der Waals surface area contributed by atoms with Gasteiger partial charge >= 0.3 is 17.4 Å². The first-order valence-electron chi connectivity index (χ1n) is 7.65. The molecule has 0 amide bonds. The Morgan fingerprint density at radius 3 is 1.62 bits per heavy atom. The Bertz CT molecular complexity index is 1150. The highest BCUT2D eigenvalue weighted by Gasteiger charge is 2.36. The lowest BCUT2D eigenvalue weighted by Gasteiger charge is -2.08. The van der Waals surface area contributed by atoms with Gasteiger partial charge in [-0.25, -0.2) is 18.0 Å². The quantitative estimate of drug-likeness (QED) is 0.281. The first-order valence-corrected chi connectivity index (χ1v) is 9.06. The van der Waals surface area contributed by atoms with Gasteiger partial charge in [0.2, 0.25) is 17.6 Å². The summed E-state index contributed by atoms with van der Waals surface area (Å²) in [5.74, 6) is -2.00. The van der Waals surface area contributed by atoms with Gasteiger partial charge in [-0.05, 0) is 12.1 Å². The minimum atomic E-state index is -6.09. The number of nitrogens with zero attached hydrogens (tertiary/aromatic N) is 1. The van der Waals surface area contributed by atoms with Crippen molar-refractivity contribution in [3.63, 3.8) is 0 Å². The summed E-state index contributed by atoms with van der Waals surface area (Å²) in [4.78, 5) is 22.8. The van der Waals surface area contributed by atoms with Crippen LogP contribution in [0.4, 0.5) is 13.2 Å². The molecule has 0 aliphatic carbocycles. The molecule has 0 fully saturated rings. The number of para-hydroxylation sites is 2. The maximum Gasteiger partial charge on any atom is 0.485 e. The molecule has 8 nitrogen and oxygen atoms in total. The SMILES string of the molecule is O=C(O)C[n+]1c2ccccc2c(C(=O)O)c2ccccc21.O=S(=O)([O-])C(F)(F)F. The summed E-state index contributed by atoms with van der Waals surface area (Å²) >= 11 is 0. The van der Waals surface area contributed by atoms with Gasteiger partial charge in [0.25, 0.3) is 0 Å². The summed E-state index contributed by atoms with van der Waals surface area (Å²) in [6, 6.07) is 13.9. The summed E-state index contributed by atoms with van der Waals surface area (Å²) in [6.45, 7) is -0.221. The Labute approximate surface area is 161 Å². The molecule has 0 bridgehead atoms. The fourth-order valence-corrected chi connectivity index (χ4v) is 2.65. The van der Waals surface area contributed by atoms with Crippen molar-refractivity contribution < 1.29 is 50.5 Å². The van der Waals surface area contributed by atoms with Crippen molar-refractivity contribution in [1.82, 2.24) is 0 Å². The molecule has 29 heavy (non-hydrogen) atoms. The fraction of sp³-hybridized carbons (Fsp3) is 0.118. The highest BCUT2D eigenvalue weighted by Crippen LogP contribution is 2.24. The van der Waals surface area contributed by atoms with E-state index in [4.69, 9.17) is 18.1 Å². The molecule has 2 N–H and O–H groups in total. The predicted octanol–water partition coefficient (Wildman–Crippen LogP) is 2.11. The van der Waals surface area contributed by atoms with E-state index in [1.807, 2.05) is 0 Å². The maximum absolute atomic E-state index is 11.6. The lowest BCUT2D eigenvalue weighted by molar-refractivity contribution is -0.633. The number of fused-ring (bicyclic) bond motifs is 2. The van der Waals surface area contributed by atoms with E-state index < -0.39 is 27.6 Å². The summed E-state index contributed by atoms with van der Waals surface area (Å²) < 4.78 is 60.5. The minimum absolute atomic E-state index is 0.197. The van der Waals surface area contributed by atoms with Crippen molar-refractivity contribution in [3.05, 3.63) is 54.1 Å². The third-order valence-corrected chi connectivity index (χ3v) is 4.29. The number of aliphatic carboxylic acids is 1. The van der Waals surface area contributed by atoms with Crippen molar-refractivity contribution in [3.8, 4) is 0 Å². The molecule has 12 heteroatoms. The van der Waals surface area contributed by atoms with Crippen molar-refractivity contribution in [1.29, 1.82) is 0 Å². The minimum Gasteiger partial charge on any atom is -0.741 e. The highest BCUT2D eigenvalue weighted by atomic mass is 32.2. The third kappa shape index (κ3) is 4.78. The number of carboxylic acid groups (broad SMARTS) is 2. The van der Waals surface area contributed by atoms with Gasteiger partial charge in [0.05, 0.1) is 16.3 Å². The largest absolute Gasteiger partial charge is 0.741 e. The number of carboxylic acids is 2. The predicted molar refractivity (Wildman–Crippen MR) is 92.0 cm³/mol. The van der Waals surface area contributed by atoms with E-state index >= 15 is 0 Å². The molecule has 0 atom stereocenters. The Kier molecular flexibility index (Phi) is 6.09. The molecule has 0 aliphatic heterocycles. The smallest absolute Gasteiger partial charge is 0.485 e. The zero-order chi connectivity index (χ0) is 22.0. The van der Waals surface area contributed by atoms with Crippen LogP contribution < -0.4 is 4.57 Å². The first kappa shape index (κ1) is 22.0. The van der Waals surface area contributed by atoms with Gasteiger partial charge in [0.1, 0.15) is 0 Å². The molecule has 0 saturated carbocycles. The van der Waals surface area contributed by atoms with Crippen LogP contribution in [0.5, 0.6) is 0 Å². The Morgan fingerprint density at radius 2 is 1.31 bits per heavy atom. The average Bonchev–Trinajstić information content (AvgIpc) is 2.59. The van der Waals surface area contributed by atoms with Crippen LogP contribution in [-0.4, -0.2) is 40.6 Å². The van der Waals surface area contributed by atoms with Crippen LogP contribution >= 0.6 is 0 Å². The van der Waals surface area contributed by atoms with E-state index in [0.29, 0.717) is 21.8 Å². The van der Waals surface area contributed by atoms with Crippen LogP contribution in [0.15, 0.2) is 48.5 Å². The molecular weight excluding hydrogens is 419 g/mol. The molecule has 1 heterocycles. The second-order valence-electron chi connectivity index (χ2n) is 5.59. The van der Waals surface area contributed by atoms with Crippen molar-refractivity contribution in [2.45, 2.75) is 12.1 Å². The second-order valence-corrected chi connectivity index (χ2v) is 6.97. The van der Waals surface area contributed by atoms with Gasteiger partial charge in [0.15, 0.2) is 10.1 Å². The van der Waals surface area contributed by atoms with Gasteiger partial charge in [-0.3, -0.25) is 0 Å². The third-order valence-electron chi connectivity index (χ3n) is 3.72. The molecule has 1 aromatic heterocycles. The summed E-state index contributed by atoms with van der Waals surface area (Å²) in [5.41, 5.74) is -4.26. The average molecular weight is 431 g/mol. The molecular formula is C17H12F3NO7S. The Hall–Kier alpha value is -3.25. The summed E-state index contributed by atoms with van der Waals surface area (Å²) in [5, 5.41) is 19.7. The van der Waals surface area contributed by atoms with Crippen LogP contribution in [0.2, 0.25) is 0 Å². The van der Waals surface area contributed by atoms with E-state index in [-0.39, 0.29) is 12.1 Å². The van der Waals surface area contributed by atoms with Crippen LogP contribution in [-0.2, 0) is 21.5 Å². The number of alkyl halides is 3. The lowest BCUT2D eigenvalue weighted by Crippen LogP contribution is -2.40. The molecule has 0 spiro atoms. The lowest BCUT2D eigenvalue weighted by atomic mass is 10.0. The number of benzene rings is 2. The molecule has 2 aromatic carbocycles. The molecule has 3 aromatic rings. The van der Waals surface area contributed by atoms with Gasteiger partial charge in [0, 0.05) is 12.1 Å². The standard InChI is InChI=1S/C16H11NO4.CHF3O3S/c18-14(19)9-17-12-7-3-1-5-10(12)15(16(20)21)11-6-2-4-8-13(11)17;2-1(3,4)8(5,6)7/h1-8H,9H2,(H-,18,19,20,21);(H,5,6,7). The monoisotopic (exact) mass is 431 g/mol. The van der Waals surface area contributed by atoms with Crippen molar-refractivity contribution >= 4 is 43.9 Å². The van der Waals surface area contributed by atoms with Crippen molar-refractivity contribution in [2.75, 3.05) is 0 Å². The van der Waals surface area contributed by atoms with Crippen LogP contribution in [0.3, 0.4) is 0 Å². The van der Waals surface area contributed by atoms with Gasteiger partial charge in [-0.15, -0.1) is 0 Å². The van der Waals surface area contributed by atoms with Crippen LogP contribution in [0.25, 0.3) is 21.8 Å². The Morgan fingerprint density at radius 1 is 0.931 bits per heavy atom. The van der Waals surface area contributed by atoms with E-state index in [9.17, 15) is 27.9 Å². The molecule has 0 unspecified atom stereocenters. The van der Waals surface area contributed by atoms with Crippen LogP contribution in [0.1, 0.15) is 10.4 Å². The zero-order valence-electron chi connectivity index (χ0n) is 14.3. The van der Waals surface area contributed by atoms with Crippen LogP contribution in [0, 0.1) is 0 Å². The fourth-order valence-electron chi connectivity index (χ4n) is 2.65. The van der Waals surface area contributed by atoms with E-state index in [2.05, 4.69) is 0 Å². The molecule has 0 saturated heterocycles. The number of aromatic nitrogens is 1.